The van der Waals surface area contributed by atoms with Crippen molar-refractivity contribution in [3.63, 3.8) is 0 Å². The van der Waals surface area contributed by atoms with Crippen LogP contribution < -0.4 is 10.6 Å². The van der Waals surface area contributed by atoms with Crippen molar-refractivity contribution < 1.29 is 14.4 Å². The molecule has 2 aliphatic rings. The minimum atomic E-state index is -0.856. The van der Waals surface area contributed by atoms with Crippen molar-refractivity contribution in [3.05, 3.63) is 23.8 Å². The number of hydrogen-bond acceptors (Lipinski definition) is 5. The van der Waals surface area contributed by atoms with Gasteiger partial charge in [-0.15, -0.1) is 0 Å². The highest BCUT2D eigenvalue weighted by atomic mass is 32.1. The van der Waals surface area contributed by atoms with Gasteiger partial charge in [0.25, 0.3) is 5.91 Å². The number of thiazole rings is 1. The smallest absolute Gasteiger partial charge is 0.323 e. The molecule has 0 atom stereocenters. The van der Waals surface area contributed by atoms with E-state index in [0.29, 0.717) is 23.9 Å². The third-order valence-corrected chi connectivity index (χ3v) is 8.21. The van der Waals surface area contributed by atoms with Gasteiger partial charge in [0.2, 0.25) is 5.91 Å². The minimum absolute atomic E-state index is 0.225. The van der Waals surface area contributed by atoms with Crippen LogP contribution in [0.25, 0.3) is 10.2 Å². The Morgan fingerprint density at radius 2 is 2.03 bits per heavy atom. The lowest BCUT2D eigenvalue weighted by Gasteiger charge is -2.42. The van der Waals surface area contributed by atoms with Crippen LogP contribution in [0.4, 0.5) is 9.93 Å². The van der Waals surface area contributed by atoms with Gasteiger partial charge in [0.15, 0.2) is 5.13 Å². The van der Waals surface area contributed by atoms with Gasteiger partial charge in [0, 0.05) is 0 Å². The van der Waals surface area contributed by atoms with Crippen LogP contribution in [0.5, 0.6) is 0 Å². The second-order valence-corrected chi connectivity index (χ2v) is 10.5. The van der Waals surface area contributed by atoms with E-state index in [-0.39, 0.29) is 17.9 Å². The summed E-state index contributed by atoms with van der Waals surface area (Å²) in [6, 6.07) is 5.39. The number of rotatable bonds is 5. The molecule has 31 heavy (non-hydrogen) atoms. The molecule has 1 aliphatic heterocycles. The highest BCUT2D eigenvalue weighted by Gasteiger charge is 2.53. The largest absolute Gasteiger partial charge is 0.325 e. The van der Waals surface area contributed by atoms with E-state index in [1.807, 2.05) is 25.1 Å². The molecule has 1 aromatic heterocycles. The minimum Gasteiger partial charge on any atom is -0.323 e. The van der Waals surface area contributed by atoms with Crippen LogP contribution in [0, 0.1) is 18.3 Å². The van der Waals surface area contributed by atoms with Gasteiger partial charge in [-0.05, 0) is 55.6 Å². The third kappa shape index (κ3) is 3.93. The van der Waals surface area contributed by atoms with Crippen molar-refractivity contribution in [1.82, 2.24) is 15.2 Å². The van der Waals surface area contributed by atoms with Crippen molar-refractivity contribution in [2.45, 2.75) is 65.3 Å². The Kier molecular flexibility index (Phi) is 5.54. The number of amides is 4. The number of anilines is 1. The first-order chi connectivity index (χ1) is 14.6. The zero-order chi connectivity index (χ0) is 22.4. The maximum atomic E-state index is 13.1. The number of carbonyl (C=O) groups is 3. The fourth-order valence-electron chi connectivity index (χ4n) is 4.78. The summed E-state index contributed by atoms with van der Waals surface area (Å²) < 4.78 is 0.982. The molecule has 2 aromatic rings. The molecule has 2 fully saturated rings. The number of carbonyl (C=O) groups excluding carboxylic acids is 3. The lowest BCUT2D eigenvalue weighted by atomic mass is 9.65. The van der Waals surface area contributed by atoms with E-state index < -0.39 is 17.5 Å². The summed E-state index contributed by atoms with van der Waals surface area (Å²) in [7, 11) is 0. The molecule has 2 N–H and O–H groups in total. The number of nitrogens with zero attached hydrogens (tertiary/aromatic N) is 2. The van der Waals surface area contributed by atoms with Gasteiger partial charge in [0.05, 0.1) is 10.2 Å². The number of nitrogens with one attached hydrogen (secondary N) is 2. The Morgan fingerprint density at radius 1 is 1.32 bits per heavy atom. The highest BCUT2D eigenvalue weighted by Crippen LogP contribution is 2.45. The van der Waals surface area contributed by atoms with Gasteiger partial charge in [-0.1, -0.05) is 50.7 Å². The topological polar surface area (TPSA) is 91.4 Å². The first-order valence-electron chi connectivity index (χ1n) is 11.0. The Morgan fingerprint density at radius 3 is 2.68 bits per heavy atom. The Bertz CT molecular complexity index is 1040. The summed E-state index contributed by atoms with van der Waals surface area (Å²) in [5.74, 6) is -0.161. The number of aryl methyl sites for hydroxylation is 1. The molecule has 0 radical (unpaired) electrons. The van der Waals surface area contributed by atoms with Gasteiger partial charge in [-0.2, -0.15) is 0 Å². The van der Waals surface area contributed by atoms with Crippen molar-refractivity contribution >= 4 is 44.5 Å². The van der Waals surface area contributed by atoms with Gasteiger partial charge in [-0.25, -0.2) is 9.78 Å². The fourth-order valence-corrected chi connectivity index (χ4v) is 5.74. The molecule has 0 bridgehead atoms. The maximum absolute atomic E-state index is 13.1. The van der Waals surface area contributed by atoms with Crippen molar-refractivity contribution in [2.75, 3.05) is 11.9 Å². The van der Waals surface area contributed by atoms with E-state index in [2.05, 4.69) is 36.4 Å². The SMILES string of the molecule is CCC(C)(C)C1CCC2(CC1)NC(=O)N(CC(=O)Nc1nc3c(C)cccc3s1)C2=O. The highest BCUT2D eigenvalue weighted by molar-refractivity contribution is 7.22. The lowest BCUT2D eigenvalue weighted by Crippen LogP contribution is -2.51. The van der Waals surface area contributed by atoms with Crippen LogP contribution in [-0.2, 0) is 9.59 Å². The second kappa shape index (κ2) is 7.89. The standard InChI is InChI=1S/C23H30N4O3S/c1-5-22(3,4)15-9-11-23(12-10-15)19(29)27(21(30)26-23)13-17(28)24-20-25-18-14(2)7-6-8-16(18)31-20/h6-8,15H,5,9-13H2,1-4H3,(H,26,30)(H,24,25,28). The van der Waals surface area contributed by atoms with Crippen LogP contribution in [0.1, 0.15) is 58.4 Å². The van der Waals surface area contributed by atoms with Gasteiger partial charge in [0.1, 0.15) is 12.1 Å². The predicted octanol–water partition coefficient (Wildman–Crippen LogP) is 4.46. The van der Waals surface area contributed by atoms with E-state index in [1.165, 1.54) is 11.3 Å². The number of para-hydroxylation sites is 1. The van der Waals surface area contributed by atoms with Crippen LogP contribution in [0.3, 0.4) is 0 Å². The third-order valence-electron chi connectivity index (χ3n) is 7.27. The second-order valence-electron chi connectivity index (χ2n) is 9.51. The van der Waals surface area contributed by atoms with Gasteiger partial charge >= 0.3 is 6.03 Å². The zero-order valence-corrected chi connectivity index (χ0v) is 19.4. The molecule has 4 rings (SSSR count). The molecule has 1 saturated carbocycles. The Hall–Kier alpha value is -2.48. The molecule has 4 amide bonds. The molecule has 166 valence electrons. The van der Waals surface area contributed by atoms with Crippen molar-refractivity contribution in [2.24, 2.45) is 11.3 Å². The summed E-state index contributed by atoms with van der Waals surface area (Å²) in [5, 5.41) is 6.12. The van der Waals surface area contributed by atoms with Gasteiger partial charge in [-0.3, -0.25) is 14.5 Å². The molecule has 0 unspecified atom stereocenters. The normalized spacial score (nSPS) is 24.1. The molecular weight excluding hydrogens is 412 g/mol. The molecule has 7 nitrogen and oxygen atoms in total. The molecule has 2 heterocycles. The number of aromatic nitrogens is 1. The summed E-state index contributed by atoms with van der Waals surface area (Å²) >= 11 is 1.38. The quantitative estimate of drug-likeness (QED) is 0.669. The predicted molar refractivity (Wildman–Crippen MR) is 122 cm³/mol. The number of benzene rings is 1. The molecular formula is C23H30N4O3S. The lowest BCUT2D eigenvalue weighted by molar-refractivity contribution is -0.135. The molecule has 1 saturated heterocycles. The molecule has 8 heteroatoms. The van der Waals surface area contributed by atoms with Crippen LogP contribution in [0.2, 0.25) is 0 Å². The Balaban J connectivity index is 1.41. The van der Waals surface area contributed by atoms with E-state index in [0.717, 1.165) is 39.9 Å². The summed E-state index contributed by atoms with van der Waals surface area (Å²) in [6.07, 6.45) is 4.14. The molecule has 1 aliphatic carbocycles. The van der Waals surface area contributed by atoms with E-state index in [9.17, 15) is 14.4 Å². The summed E-state index contributed by atoms with van der Waals surface area (Å²) in [5.41, 5.74) is 1.25. The summed E-state index contributed by atoms with van der Waals surface area (Å²) in [6.45, 7) is 8.40. The van der Waals surface area contributed by atoms with Crippen LogP contribution in [0.15, 0.2) is 18.2 Å². The number of urea groups is 1. The first kappa shape index (κ1) is 21.7. The monoisotopic (exact) mass is 442 g/mol. The van der Waals surface area contributed by atoms with E-state index >= 15 is 0 Å². The molecule has 1 spiro atoms. The summed E-state index contributed by atoms with van der Waals surface area (Å²) in [4.78, 5) is 43.8. The van der Waals surface area contributed by atoms with Crippen LogP contribution >= 0.6 is 11.3 Å². The number of hydrogen-bond donors (Lipinski definition) is 2. The van der Waals surface area contributed by atoms with E-state index in [1.54, 1.807) is 0 Å². The fraction of sp³-hybridized carbons (Fsp3) is 0.565. The van der Waals surface area contributed by atoms with E-state index in [4.69, 9.17) is 0 Å². The van der Waals surface area contributed by atoms with Crippen LogP contribution in [-0.4, -0.2) is 39.8 Å². The van der Waals surface area contributed by atoms with Gasteiger partial charge < -0.3 is 10.6 Å². The first-order valence-corrected chi connectivity index (χ1v) is 11.8. The zero-order valence-electron chi connectivity index (χ0n) is 18.6. The van der Waals surface area contributed by atoms with Crippen molar-refractivity contribution in [3.8, 4) is 0 Å². The number of imide groups is 1. The number of fused-ring (bicyclic) bond motifs is 1. The average Bonchev–Trinajstić information content (AvgIpc) is 3.23. The van der Waals surface area contributed by atoms with Crippen molar-refractivity contribution in [1.29, 1.82) is 0 Å². The average molecular weight is 443 g/mol. The Labute approximate surface area is 186 Å². The molecule has 1 aromatic carbocycles. The maximum Gasteiger partial charge on any atom is 0.325 e.